The van der Waals surface area contributed by atoms with Crippen LogP contribution in [0.15, 0.2) is 27.6 Å². The fourth-order valence-electron chi connectivity index (χ4n) is 1.50. The summed E-state index contributed by atoms with van der Waals surface area (Å²) in [5.41, 5.74) is 1.21. The van der Waals surface area contributed by atoms with E-state index in [0.29, 0.717) is 11.7 Å². The van der Waals surface area contributed by atoms with Crippen molar-refractivity contribution in [2.45, 2.75) is 25.3 Å². The monoisotopic (exact) mass is 345 g/mol. The van der Waals surface area contributed by atoms with Crippen LogP contribution in [0.25, 0.3) is 0 Å². The van der Waals surface area contributed by atoms with E-state index in [1.807, 2.05) is 12.1 Å². The van der Waals surface area contributed by atoms with Gasteiger partial charge < -0.3 is 10.1 Å². The summed E-state index contributed by atoms with van der Waals surface area (Å²) in [6, 6.07) is 6.14. The topological polar surface area (TPSA) is 38.3 Å². The van der Waals surface area contributed by atoms with E-state index in [2.05, 4.69) is 45.9 Å². The highest BCUT2D eigenvalue weighted by Gasteiger charge is 2.08. The molecule has 1 aromatic carbocycles. The van der Waals surface area contributed by atoms with Gasteiger partial charge in [0.15, 0.2) is 0 Å². The van der Waals surface area contributed by atoms with Crippen molar-refractivity contribution in [2.24, 2.45) is 5.92 Å². The second-order valence-electron chi connectivity index (χ2n) is 4.64. The molecule has 0 bridgehead atoms. The van der Waals surface area contributed by atoms with Gasteiger partial charge in [0.25, 0.3) is 0 Å². The smallest absolute Gasteiger partial charge is 0.315 e. The maximum absolute atomic E-state index is 11.2. The fraction of sp³-hybridized carbons (Fsp3) is 0.500. The van der Waals surface area contributed by atoms with Gasteiger partial charge in [0.05, 0.1) is 12.9 Å². The van der Waals surface area contributed by atoms with Crippen LogP contribution in [0.1, 0.15) is 19.4 Å². The maximum atomic E-state index is 11.2. The highest BCUT2D eigenvalue weighted by atomic mass is 79.9. The standard InChI is InChI=1S/C14H20BrNO2S/c1-10(2)7-16-8-11-4-5-12(15)6-13(11)19-9-14(17)18-3/h4-6,10,16H,7-9H2,1-3H3. The van der Waals surface area contributed by atoms with E-state index < -0.39 is 0 Å². The van der Waals surface area contributed by atoms with Crippen molar-refractivity contribution >= 4 is 33.7 Å². The second-order valence-corrected chi connectivity index (χ2v) is 6.57. The van der Waals surface area contributed by atoms with Crippen molar-refractivity contribution in [3.05, 3.63) is 28.2 Å². The Morgan fingerprint density at radius 3 is 2.84 bits per heavy atom. The average molecular weight is 346 g/mol. The van der Waals surface area contributed by atoms with Gasteiger partial charge in [0, 0.05) is 15.9 Å². The van der Waals surface area contributed by atoms with Crippen molar-refractivity contribution in [2.75, 3.05) is 19.4 Å². The van der Waals surface area contributed by atoms with E-state index in [9.17, 15) is 4.79 Å². The zero-order valence-electron chi connectivity index (χ0n) is 11.5. The molecule has 0 radical (unpaired) electrons. The summed E-state index contributed by atoms with van der Waals surface area (Å²) in [5.74, 6) is 0.761. The highest BCUT2D eigenvalue weighted by molar-refractivity contribution is 9.10. The van der Waals surface area contributed by atoms with Crippen LogP contribution in [0, 0.1) is 5.92 Å². The lowest BCUT2D eigenvalue weighted by Crippen LogP contribution is -2.19. The predicted octanol–water partition coefficient (Wildman–Crippen LogP) is 3.46. The molecule has 106 valence electrons. The summed E-state index contributed by atoms with van der Waals surface area (Å²) < 4.78 is 5.69. The zero-order valence-corrected chi connectivity index (χ0v) is 13.9. The summed E-state index contributed by atoms with van der Waals surface area (Å²) in [6.45, 7) is 6.16. The molecule has 0 saturated heterocycles. The Balaban J connectivity index is 2.65. The minimum Gasteiger partial charge on any atom is -0.468 e. The van der Waals surface area contributed by atoms with Gasteiger partial charge in [-0.25, -0.2) is 0 Å². The number of methoxy groups -OCH3 is 1. The molecule has 0 heterocycles. The molecule has 0 aliphatic heterocycles. The van der Waals surface area contributed by atoms with Crippen LogP contribution in [-0.2, 0) is 16.1 Å². The molecule has 0 spiro atoms. The Kier molecular flexibility index (Phi) is 7.49. The van der Waals surface area contributed by atoms with Gasteiger partial charge >= 0.3 is 5.97 Å². The number of hydrogen-bond donors (Lipinski definition) is 1. The van der Waals surface area contributed by atoms with Crippen LogP contribution in [-0.4, -0.2) is 25.4 Å². The van der Waals surface area contributed by atoms with Crippen LogP contribution in [0.3, 0.4) is 0 Å². The molecule has 0 atom stereocenters. The minimum atomic E-state index is -0.203. The Hall–Kier alpha value is -0.520. The largest absolute Gasteiger partial charge is 0.468 e. The molecule has 19 heavy (non-hydrogen) atoms. The summed E-state index contributed by atoms with van der Waals surface area (Å²) in [6.07, 6.45) is 0. The first-order chi connectivity index (χ1) is 9.02. The molecule has 3 nitrogen and oxygen atoms in total. The predicted molar refractivity (Wildman–Crippen MR) is 83.4 cm³/mol. The van der Waals surface area contributed by atoms with Gasteiger partial charge in [0.2, 0.25) is 0 Å². The van der Waals surface area contributed by atoms with E-state index in [-0.39, 0.29) is 5.97 Å². The van der Waals surface area contributed by atoms with Crippen LogP contribution < -0.4 is 5.32 Å². The third-order valence-electron chi connectivity index (χ3n) is 2.47. The number of esters is 1. The number of benzene rings is 1. The van der Waals surface area contributed by atoms with E-state index in [1.54, 1.807) is 0 Å². The number of rotatable bonds is 7. The molecule has 0 aromatic heterocycles. The molecule has 0 unspecified atom stereocenters. The molecular formula is C14H20BrNO2S. The Morgan fingerprint density at radius 2 is 2.21 bits per heavy atom. The third kappa shape index (κ3) is 6.45. The highest BCUT2D eigenvalue weighted by Crippen LogP contribution is 2.26. The molecule has 0 fully saturated rings. The van der Waals surface area contributed by atoms with Crippen molar-refractivity contribution in [1.82, 2.24) is 5.32 Å². The SMILES string of the molecule is COC(=O)CSc1cc(Br)ccc1CNCC(C)C. The first kappa shape index (κ1) is 16.5. The molecule has 1 rings (SSSR count). The number of carbonyl (C=O) groups excluding carboxylic acids is 1. The Labute approximate surface area is 127 Å². The summed E-state index contributed by atoms with van der Waals surface area (Å²) >= 11 is 4.97. The fourth-order valence-corrected chi connectivity index (χ4v) is 2.94. The van der Waals surface area contributed by atoms with Gasteiger partial charge in [0.1, 0.15) is 0 Å². The number of carbonyl (C=O) groups is 1. The van der Waals surface area contributed by atoms with Crippen LogP contribution in [0.4, 0.5) is 0 Å². The first-order valence-corrected chi connectivity index (χ1v) is 7.99. The maximum Gasteiger partial charge on any atom is 0.315 e. The number of nitrogens with one attached hydrogen (secondary N) is 1. The lowest BCUT2D eigenvalue weighted by atomic mass is 10.2. The van der Waals surface area contributed by atoms with E-state index in [1.165, 1.54) is 24.4 Å². The summed E-state index contributed by atoms with van der Waals surface area (Å²) in [5, 5.41) is 3.42. The van der Waals surface area contributed by atoms with Gasteiger partial charge in [-0.05, 0) is 30.2 Å². The minimum absolute atomic E-state index is 0.203. The van der Waals surface area contributed by atoms with Crippen molar-refractivity contribution in [1.29, 1.82) is 0 Å². The van der Waals surface area contributed by atoms with Crippen LogP contribution >= 0.6 is 27.7 Å². The first-order valence-electron chi connectivity index (χ1n) is 6.21. The average Bonchev–Trinajstić information content (AvgIpc) is 2.37. The quantitative estimate of drug-likeness (QED) is 0.606. The second kappa shape index (κ2) is 8.61. The Morgan fingerprint density at radius 1 is 1.47 bits per heavy atom. The van der Waals surface area contributed by atoms with Crippen molar-refractivity contribution in [3.63, 3.8) is 0 Å². The number of halogens is 1. The van der Waals surface area contributed by atoms with Crippen molar-refractivity contribution < 1.29 is 9.53 Å². The van der Waals surface area contributed by atoms with E-state index in [0.717, 1.165) is 22.5 Å². The molecule has 0 aliphatic rings. The molecule has 1 aromatic rings. The molecule has 0 amide bonds. The van der Waals surface area contributed by atoms with E-state index in [4.69, 9.17) is 0 Å². The number of ether oxygens (including phenoxy) is 1. The summed E-state index contributed by atoms with van der Waals surface area (Å²) in [4.78, 5) is 12.3. The number of thioether (sulfide) groups is 1. The lowest BCUT2D eigenvalue weighted by molar-refractivity contribution is -0.137. The third-order valence-corrected chi connectivity index (χ3v) is 4.03. The van der Waals surface area contributed by atoms with Crippen LogP contribution in [0.5, 0.6) is 0 Å². The van der Waals surface area contributed by atoms with Gasteiger partial charge in [-0.2, -0.15) is 0 Å². The molecular weight excluding hydrogens is 326 g/mol. The molecule has 0 aliphatic carbocycles. The zero-order chi connectivity index (χ0) is 14.3. The van der Waals surface area contributed by atoms with Crippen molar-refractivity contribution in [3.8, 4) is 0 Å². The molecule has 1 N–H and O–H groups in total. The van der Waals surface area contributed by atoms with Crippen LogP contribution in [0.2, 0.25) is 0 Å². The number of hydrogen-bond acceptors (Lipinski definition) is 4. The van der Waals surface area contributed by atoms with E-state index >= 15 is 0 Å². The van der Waals surface area contributed by atoms with Gasteiger partial charge in [-0.3, -0.25) is 4.79 Å². The summed E-state index contributed by atoms with van der Waals surface area (Å²) in [7, 11) is 1.41. The Bertz CT molecular complexity index is 424. The van der Waals surface area contributed by atoms with Gasteiger partial charge in [-0.1, -0.05) is 35.8 Å². The van der Waals surface area contributed by atoms with Gasteiger partial charge in [-0.15, -0.1) is 11.8 Å². The molecule has 0 saturated carbocycles. The normalized spacial score (nSPS) is 10.8. The lowest BCUT2D eigenvalue weighted by Gasteiger charge is -2.12. The molecule has 5 heteroatoms.